The Labute approximate surface area is 91.6 Å². The van der Waals surface area contributed by atoms with Crippen molar-refractivity contribution in [2.24, 2.45) is 0 Å². The van der Waals surface area contributed by atoms with Crippen LogP contribution >= 0.6 is 19.5 Å². The number of terminal acetylenes is 1. The lowest BCUT2D eigenvalue weighted by Gasteiger charge is -2.10. The third kappa shape index (κ3) is 2.91. The van der Waals surface area contributed by atoms with Crippen molar-refractivity contribution in [3.8, 4) is 12.3 Å². The van der Waals surface area contributed by atoms with Gasteiger partial charge in [0.25, 0.3) is 0 Å². The molecule has 0 aliphatic carbocycles. The van der Waals surface area contributed by atoms with Crippen molar-refractivity contribution in [2.75, 3.05) is 25.2 Å². The first-order valence-electron chi connectivity index (χ1n) is 4.29. The summed E-state index contributed by atoms with van der Waals surface area (Å²) in [6, 6.07) is 6.08. The van der Waals surface area contributed by atoms with Crippen molar-refractivity contribution < 1.29 is 0 Å². The minimum atomic E-state index is -0.0896. The molecular weight excluding hydrogens is 213 g/mol. The van der Waals surface area contributed by atoms with Crippen molar-refractivity contribution in [1.82, 2.24) is 0 Å². The van der Waals surface area contributed by atoms with Gasteiger partial charge in [0.15, 0.2) is 0 Å². The zero-order valence-electron chi connectivity index (χ0n) is 8.34. The standard InChI is InChI=1S/C11H13ClNP/c1-4-7-13-11-6-5-9(14(2)3)8-10(11)12/h1,5-6,8,13H,7H2,2-3H3. The lowest BCUT2D eigenvalue weighted by molar-refractivity contribution is 1.39. The van der Waals surface area contributed by atoms with E-state index in [-0.39, 0.29) is 7.92 Å². The normalized spacial score (nSPS) is 9.93. The Morgan fingerprint density at radius 2 is 2.21 bits per heavy atom. The average molecular weight is 226 g/mol. The van der Waals surface area contributed by atoms with Crippen LogP contribution in [0.1, 0.15) is 0 Å². The van der Waals surface area contributed by atoms with Gasteiger partial charge >= 0.3 is 0 Å². The Morgan fingerprint density at radius 3 is 2.71 bits per heavy atom. The van der Waals surface area contributed by atoms with E-state index in [1.54, 1.807) is 0 Å². The predicted molar refractivity (Wildman–Crippen MR) is 67.2 cm³/mol. The van der Waals surface area contributed by atoms with Crippen molar-refractivity contribution in [2.45, 2.75) is 0 Å². The van der Waals surface area contributed by atoms with Crippen LogP contribution in [-0.2, 0) is 0 Å². The Kier molecular flexibility index (Phi) is 4.26. The van der Waals surface area contributed by atoms with Gasteiger partial charge in [0.1, 0.15) is 0 Å². The zero-order chi connectivity index (χ0) is 10.6. The van der Waals surface area contributed by atoms with E-state index in [2.05, 4.69) is 30.6 Å². The van der Waals surface area contributed by atoms with Gasteiger partial charge in [-0.1, -0.05) is 31.5 Å². The fraction of sp³-hybridized carbons (Fsp3) is 0.273. The molecule has 3 heteroatoms. The van der Waals surface area contributed by atoms with Crippen LogP contribution in [0, 0.1) is 12.3 Å². The molecular formula is C11H13ClNP. The molecule has 0 aliphatic rings. The van der Waals surface area contributed by atoms with Gasteiger partial charge in [-0.05, 0) is 30.8 Å². The Hall–Kier alpha value is -0.700. The van der Waals surface area contributed by atoms with Crippen LogP contribution in [0.4, 0.5) is 5.69 Å². The monoisotopic (exact) mass is 225 g/mol. The summed E-state index contributed by atoms with van der Waals surface area (Å²) in [7, 11) is -0.0896. The molecule has 0 spiro atoms. The summed E-state index contributed by atoms with van der Waals surface area (Å²) in [5, 5.41) is 5.11. The lowest BCUT2D eigenvalue weighted by Crippen LogP contribution is -2.03. The van der Waals surface area contributed by atoms with E-state index in [4.69, 9.17) is 18.0 Å². The summed E-state index contributed by atoms with van der Waals surface area (Å²) in [5.41, 5.74) is 0.908. The molecule has 0 aromatic heterocycles. The van der Waals surface area contributed by atoms with Crippen LogP contribution in [0.3, 0.4) is 0 Å². The summed E-state index contributed by atoms with van der Waals surface area (Å²) in [6.07, 6.45) is 5.15. The maximum absolute atomic E-state index is 6.09. The number of hydrogen-bond donors (Lipinski definition) is 1. The molecule has 1 aromatic carbocycles. The highest BCUT2D eigenvalue weighted by atomic mass is 35.5. The predicted octanol–water partition coefficient (Wildman–Crippen LogP) is 2.75. The molecule has 0 radical (unpaired) electrons. The van der Waals surface area contributed by atoms with Crippen molar-refractivity contribution in [3.05, 3.63) is 23.2 Å². The molecule has 74 valence electrons. The molecule has 0 amide bonds. The number of nitrogens with one attached hydrogen (secondary N) is 1. The van der Waals surface area contributed by atoms with Gasteiger partial charge in [-0.25, -0.2) is 0 Å². The van der Waals surface area contributed by atoms with Crippen molar-refractivity contribution in [1.29, 1.82) is 0 Å². The quantitative estimate of drug-likeness (QED) is 0.616. The van der Waals surface area contributed by atoms with Gasteiger partial charge in [0.2, 0.25) is 0 Å². The van der Waals surface area contributed by atoms with E-state index < -0.39 is 0 Å². The third-order valence-corrected chi connectivity index (χ3v) is 3.47. The summed E-state index contributed by atoms with van der Waals surface area (Å²) in [4.78, 5) is 0. The van der Waals surface area contributed by atoms with Crippen molar-refractivity contribution >= 4 is 30.5 Å². The minimum absolute atomic E-state index is 0.0896. The van der Waals surface area contributed by atoms with Gasteiger partial charge in [0.05, 0.1) is 17.3 Å². The fourth-order valence-corrected chi connectivity index (χ4v) is 2.16. The van der Waals surface area contributed by atoms with Crippen LogP contribution in [0.15, 0.2) is 18.2 Å². The first-order valence-corrected chi connectivity index (χ1v) is 6.90. The van der Waals surface area contributed by atoms with Gasteiger partial charge < -0.3 is 5.32 Å². The van der Waals surface area contributed by atoms with E-state index in [9.17, 15) is 0 Å². The molecule has 0 saturated heterocycles. The molecule has 0 bridgehead atoms. The molecule has 1 rings (SSSR count). The molecule has 0 saturated carbocycles. The number of anilines is 1. The first kappa shape index (κ1) is 11.4. The van der Waals surface area contributed by atoms with Gasteiger partial charge in [0, 0.05) is 0 Å². The summed E-state index contributed by atoms with van der Waals surface area (Å²) in [6.45, 7) is 4.91. The first-order chi connectivity index (χ1) is 6.65. The van der Waals surface area contributed by atoms with Crippen LogP contribution < -0.4 is 10.6 Å². The van der Waals surface area contributed by atoms with E-state index in [1.807, 2.05) is 12.1 Å². The van der Waals surface area contributed by atoms with Crippen LogP contribution in [0.2, 0.25) is 5.02 Å². The molecule has 0 atom stereocenters. The highest BCUT2D eigenvalue weighted by Crippen LogP contribution is 2.28. The van der Waals surface area contributed by atoms with Crippen LogP contribution in [0.25, 0.3) is 0 Å². The SMILES string of the molecule is C#CCNc1ccc(P(C)C)cc1Cl. The molecule has 1 N–H and O–H groups in total. The Balaban J connectivity index is 2.85. The largest absolute Gasteiger partial charge is 0.373 e. The second kappa shape index (κ2) is 5.25. The maximum Gasteiger partial charge on any atom is 0.0763 e. The number of rotatable bonds is 3. The van der Waals surface area contributed by atoms with Gasteiger partial charge in [-0.15, -0.1) is 6.42 Å². The summed E-state index contributed by atoms with van der Waals surface area (Å²) in [5.74, 6) is 2.52. The van der Waals surface area contributed by atoms with Crippen molar-refractivity contribution in [3.63, 3.8) is 0 Å². The zero-order valence-corrected chi connectivity index (χ0v) is 9.99. The Morgan fingerprint density at radius 1 is 1.50 bits per heavy atom. The smallest absolute Gasteiger partial charge is 0.0763 e. The van der Waals surface area contributed by atoms with Gasteiger partial charge in [-0.3, -0.25) is 0 Å². The van der Waals surface area contributed by atoms with E-state index in [0.29, 0.717) is 6.54 Å². The summed E-state index contributed by atoms with van der Waals surface area (Å²) < 4.78 is 0. The number of hydrogen-bond acceptors (Lipinski definition) is 1. The molecule has 1 aromatic rings. The molecule has 14 heavy (non-hydrogen) atoms. The Bertz CT molecular complexity index is 355. The van der Waals surface area contributed by atoms with E-state index in [1.165, 1.54) is 5.30 Å². The molecule has 1 nitrogen and oxygen atoms in total. The molecule has 0 heterocycles. The van der Waals surface area contributed by atoms with Crippen LogP contribution in [0.5, 0.6) is 0 Å². The topological polar surface area (TPSA) is 12.0 Å². The molecule has 0 unspecified atom stereocenters. The van der Waals surface area contributed by atoms with E-state index >= 15 is 0 Å². The average Bonchev–Trinajstić information content (AvgIpc) is 2.15. The minimum Gasteiger partial charge on any atom is -0.373 e. The molecule has 0 fully saturated rings. The second-order valence-electron chi connectivity index (χ2n) is 3.12. The molecule has 0 aliphatic heterocycles. The highest BCUT2D eigenvalue weighted by Gasteiger charge is 2.03. The second-order valence-corrected chi connectivity index (χ2v) is 5.83. The number of halogens is 1. The highest BCUT2D eigenvalue weighted by molar-refractivity contribution is 7.64. The summed E-state index contributed by atoms with van der Waals surface area (Å²) >= 11 is 6.09. The fourth-order valence-electron chi connectivity index (χ4n) is 1.07. The van der Waals surface area contributed by atoms with Crippen LogP contribution in [-0.4, -0.2) is 19.9 Å². The van der Waals surface area contributed by atoms with E-state index in [0.717, 1.165) is 10.7 Å². The maximum atomic E-state index is 6.09. The third-order valence-electron chi connectivity index (χ3n) is 1.85. The number of benzene rings is 1. The van der Waals surface area contributed by atoms with Gasteiger partial charge in [-0.2, -0.15) is 0 Å². The lowest BCUT2D eigenvalue weighted by atomic mass is 10.3.